The van der Waals surface area contributed by atoms with E-state index in [1.807, 2.05) is 18.2 Å². The van der Waals surface area contributed by atoms with E-state index in [2.05, 4.69) is 11.4 Å². The molecule has 1 aromatic rings. The van der Waals surface area contributed by atoms with E-state index < -0.39 is 0 Å². The summed E-state index contributed by atoms with van der Waals surface area (Å²) in [5.41, 5.74) is 1.16. The van der Waals surface area contributed by atoms with E-state index in [1.54, 1.807) is 7.05 Å². The molecule has 1 fully saturated rings. The standard InChI is InChI=1S/C15H21NO2/c1-16-15(17)10-9-12-5-4-8-14(11-12)18-13-6-2-3-7-13/h4-5,8,11,13H,2-3,6-7,9-10H2,1H3,(H,16,17). The van der Waals surface area contributed by atoms with Gasteiger partial charge >= 0.3 is 0 Å². The molecule has 0 bridgehead atoms. The summed E-state index contributed by atoms with van der Waals surface area (Å²) in [7, 11) is 1.67. The fraction of sp³-hybridized carbons (Fsp3) is 0.533. The molecule has 1 aliphatic carbocycles. The van der Waals surface area contributed by atoms with E-state index in [9.17, 15) is 4.79 Å². The number of hydrogen-bond donors (Lipinski definition) is 1. The van der Waals surface area contributed by atoms with E-state index in [0.717, 1.165) is 17.7 Å². The van der Waals surface area contributed by atoms with Gasteiger partial charge in [0.25, 0.3) is 0 Å². The van der Waals surface area contributed by atoms with Crippen molar-refractivity contribution in [3.63, 3.8) is 0 Å². The van der Waals surface area contributed by atoms with Crippen molar-refractivity contribution in [3.05, 3.63) is 29.8 Å². The zero-order chi connectivity index (χ0) is 12.8. The number of carbonyl (C=O) groups excluding carboxylic acids is 1. The maximum absolute atomic E-state index is 11.2. The summed E-state index contributed by atoms with van der Waals surface area (Å²) in [6.45, 7) is 0. The molecule has 0 saturated heterocycles. The summed E-state index contributed by atoms with van der Waals surface area (Å²) in [5, 5.41) is 2.64. The molecular formula is C15H21NO2. The normalized spacial score (nSPS) is 15.6. The molecule has 0 atom stereocenters. The minimum Gasteiger partial charge on any atom is -0.490 e. The van der Waals surface area contributed by atoms with Crippen LogP contribution in [0.4, 0.5) is 0 Å². The lowest BCUT2D eigenvalue weighted by atomic mass is 10.1. The van der Waals surface area contributed by atoms with Crippen molar-refractivity contribution in [2.45, 2.75) is 44.6 Å². The molecule has 3 nitrogen and oxygen atoms in total. The quantitative estimate of drug-likeness (QED) is 0.868. The molecule has 1 aliphatic rings. The van der Waals surface area contributed by atoms with Crippen LogP contribution < -0.4 is 10.1 Å². The first-order valence-corrected chi connectivity index (χ1v) is 6.74. The summed E-state index contributed by atoms with van der Waals surface area (Å²) in [6.07, 6.45) is 6.58. The predicted molar refractivity (Wildman–Crippen MR) is 71.7 cm³/mol. The van der Waals surface area contributed by atoms with Gasteiger partial charge in [-0.25, -0.2) is 0 Å². The maximum atomic E-state index is 11.2. The Balaban J connectivity index is 1.89. The molecule has 0 spiro atoms. The third-order valence-electron chi connectivity index (χ3n) is 3.42. The van der Waals surface area contributed by atoms with E-state index >= 15 is 0 Å². The molecule has 0 heterocycles. The Hall–Kier alpha value is -1.51. The van der Waals surface area contributed by atoms with Crippen molar-refractivity contribution >= 4 is 5.91 Å². The van der Waals surface area contributed by atoms with E-state index in [0.29, 0.717) is 12.5 Å². The highest BCUT2D eigenvalue weighted by Gasteiger charge is 2.16. The maximum Gasteiger partial charge on any atom is 0.220 e. The molecule has 3 heteroatoms. The third-order valence-corrected chi connectivity index (χ3v) is 3.42. The average Bonchev–Trinajstić information content (AvgIpc) is 2.89. The van der Waals surface area contributed by atoms with Crippen molar-refractivity contribution in [1.82, 2.24) is 5.32 Å². The monoisotopic (exact) mass is 247 g/mol. The smallest absolute Gasteiger partial charge is 0.220 e. The molecule has 18 heavy (non-hydrogen) atoms. The van der Waals surface area contributed by atoms with Gasteiger partial charge < -0.3 is 10.1 Å². The Morgan fingerprint density at radius 1 is 1.39 bits per heavy atom. The van der Waals surface area contributed by atoms with Crippen LogP contribution in [0.5, 0.6) is 5.75 Å². The second-order valence-corrected chi connectivity index (χ2v) is 4.84. The van der Waals surface area contributed by atoms with Crippen LogP contribution in [0.1, 0.15) is 37.7 Å². The van der Waals surface area contributed by atoms with Crippen LogP contribution in [0, 0.1) is 0 Å². The van der Waals surface area contributed by atoms with Gasteiger partial charge in [0, 0.05) is 13.5 Å². The molecule has 98 valence electrons. The van der Waals surface area contributed by atoms with Crippen LogP contribution in [0.3, 0.4) is 0 Å². The van der Waals surface area contributed by atoms with Crippen LogP contribution in [-0.2, 0) is 11.2 Å². The van der Waals surface area contributed by atoms with Gasteiger partial charge in [0.05, 0.1) is 6.10 Å². The van der Waals surface area contributed by atoms with Crippen LogP contribution in [0.15, 0.2) is 24.3 Å². The van der Waals surface area contributed by atoms with E-state index in [1.165, 1.54) is 25.7 Å². The van der Waals surface area contributed by atoms with E-state index in [4.69, 9.17) is 4.74 Å². The van der Waals surface area contributed by atoms with Gasteiger partial charge in [-0.15, -0.1) is 0 Å². The first kappa shape index (κ1) is 12.9. The number of amides is 1. The average molecular weight is 247 g/mol. The third kappa shape index (κ3) is 3.76. The number of rotatable bonds is 5. The largest absolute Gasteiger partial charge is 0.490 e. The molecule has 0 aromatic heterocycles. The summed E-state index contributed by atoms with van der Waals surface area (Å²) in [5.74, 6) is 1.02. The Morgan fingerprint density at radius 3 is 2.89 bits per heavy atom. The molecule has 2 rings (SSSR count). The number of nitrogens with one attached hydrogen (secondary N) is 1. The lowest BCUT2D eigenvalue weighted by Crippen LogP contribution is -2.18. The second kappa shape index (κ2) is 6.43. The molecule has 0 radical (unpaired) electrons. The summed E-state index contributed by atoms with van der Waals surface area (Å²) < 4.78 is 5.95. The first-order chi connectivity index (χ1) is 8.78. The Kier molecular flexibility index (Phi) is 4.62. The Labute approximate surface area is 109 Å². The first-order valence-electron chi connectivity index (χ1n) is 6.74. The van der Waals surface area contributed by atoms with Crippen molar-refractivity contribution in [3.8, 4) is 5.75 Å². The number of ether oxygens (including phenoxy) is 1. The summed E-state index contributed by atoms with van der Waals surface area (Å²) >= 11 is 0. The predicted octanol–water partition coefficient (Wildman–Crippen LogP) is 2.69. The highest BCUT2D eigenvalue weighted by atomic mass is 16.5. The van der Waals surface area contributed by atoms with Crippen LogP contribution in [0.25, 0.3) is 0 Å². The number of benzene rings is 1. The highest BCUT2D eigenvalue weighted by Crippen LogP contribution is 2.24. The van der Waals surface area contributed by atoms with Crippen molar-refractivity contribution in [2.75, 3.05) is 7.05 Å². The minimum absolute atomic E-state index is 0.0807. The molecule has 1 amide bonds. The van der Waals surface area contributed by atoms with Gasteiger partial charge in [-0.3, -0.25) is 4.79 Å². The van der Waals surface area contributed by atoms with Crippen LogP contribution in [0.2, 0.25) is 0 Å². The SMILES string of the molecule is CNC(=O)CCc1cccc(OC2CCCC2)c1. The van der Waals surface area contributed by atoms with Gasteiger partial charge in [-0.2, -0.15) is 0 Å². The summed E-state index contributed by atoms with van der Waals surface area (Å²) in [6, 6.07) is 8.11. The van der Waals surface area contributed by atoms with Gasteiger partial charge in [0.15, 0.2) is 0 Å². The zero-order valence-electron chi connectivity index (χ0n) is 10.9. The number of hydrogen-bond acceptors (Lipinski definition) is 2. The van der Waals surface area contributed by atoms with Crippen LogP contribution >= 0.6 is 0 Å². The van der Waals surface area contributed by atoms with Gasteiger partial charge in [0.2, 0.25) is 5.91 Å². The molecule has 1 N–H and O–H groups in total. The van der Waals surface area contributed by atoms with Gasteiger partial charge in [-0.05, 0) is 49.8 Å². The lowest BCUT2D eigenvalue weighted by molar-refractivity contribution is -0.120. The highest BCUT2D eigenvalue weighted by molar-refractivity contribution is 5.75. The molecule has 1 saturated carbocycles. The van der Waals surface area contributed by atoms with Crippen LogP contribution in [-0.4, -0.2) is 19.1 Å². The lowest BCUT2D eigenvalue weighted by Gasteiger charge is -2.13. The topological polar surface area (TPSA) is 38.3 Å². The molecule has 1 aromatic carbocycles. The number of carbonyl (C=O) groups is 1. The van der Waals surface area contributed by atoms with E-state index in [-0.39, 0.29) is 5.91 Å². The molecular weight excluding hydrogens is 226 g/mol. The Bertz CT molecular complexity index is 397. The fourth-order valence-corrected chi connectivity index (χ4v) is 2.36. The molecule has 0 aliphatic heterocycles. The molecule has 0 unspecified atom stereocenters. The van der Waals surface area contributed by atoms with Crippen molar-refractivity contribution in [2.24, 2.45) is 0 Å². The zero-order valence-corrected chi connectivity index (χ0v) is 10.9. The number of aryl methyl sites for hydroxylation is 1. The van der Waals surface area contributed by atoms with Crippen molar-refractivity contribution in [1.29, 1.82) is 0 Å². The Morgan fingerprint density at radius 2 is 2.17 bits per heavy atom. The van der Waals surface area contributed by atoms with Gasteiger partial charge in [-0.1, -0.05) is 12.1 Å². The minimum atomic E-state index is 0.0807. The summed E-state index contributed by atoms with van der Waals surface area (Å²) in [4.78, 5) is 11.2. The van der Waals surface area contributed by atoms with Gasteiger partial charge in [0.1, 0.15) is 5.75 Å². The van der Waals surface area contributed by atoms with Crippen molar-refractivity contribution < 1.29 is 9.53 Å². The second-order valence-electron chi connectivity index (χ2n) is 4.84. The fourth-order valence-electron chi connectivity index (χ4n) is 2.36.